The Kier molecular flexibility index (Phi) is 4.12. The standard InChI is InChI=1S/C20H22N2O2S/c1-2-18(23)21-12-9-20(10-13-21)8-5-11-22(20)19(24)17-14-15-6-3-4-7-16(15)25-17/h2-4,6-7,14H,1,5,8-13H2. The molecule has 2 saturated heterocycles. The Morgan fingerprint density at radius 3 is 2.60 bits per heavy atom. The zero-order chi connectivity index (χ0) is 17.4. The Morgan fingerprint density at radius 1 is 1.12 bits per heavy atom. The third-order valence-corrected chi connectivity index (χ3v) is 6.76. The number of hydrogen-bond acceptors (Lipinski definition) is 3. The predicted molar refractivity (Wildman–Crippen MR) is 101 cm³/mol. The number of rotatable bonds is 2. The van der Waals surface area contributed by atoms with Crippen molar-refractivity contribution >= 4 is 33.2 Å². The molecule has 25 heavy (non-hydrogen) atoms. The van der Waals surface area contributed by atoms with Crippen molar-refractivity contribution in [2.75, 3.05) is 19.6 Å². The second-order valence-electron chi connectivity index (χ2n) is 6.96. The van der Waals surface area contributed by atoms with E-state index in [9.17, 15) is 9.59 Å². The molecule has 2 aliphatic heterocycles. The molecule has 3 heterocycles. The van der Waals surface area contributed by atoms with Crippen molar-refractivity contribution in [2.45, 2.75) is 31.2 Å². The maximum Gasteiger partial charge on any atom is 0.264 e. The van der Waals surface area contributed by atoms with E-state index in [-0.39, 0.29) is 17.4 Å². The molecule has 0 aliphatic carbocycles. The van der Waals surface area contributed by atoms with Gasteiger partial charge in [0, 0.05) is 29.9 Å². The second-order valence-corrected chi connectivity index (χ2v) is 8.05. The molecule has 0 unspecified atom stereocenters. The van der Waals surface area contributed by atoms with Crippen LogP contribution < -0.4 is 0 Å². The first-order valence-corrected chi connectivity index (χ1v) is 9.66. The smallest absolute Gasteiger partial charge is 0.264 e. The minimum Gasteiger partial charge on any atom is -0.339 e. The monoisotopic (exact) mass is 354 g/mol. The fraction of sp³-hybridized carbons (Fsp3) is 0.400. The molecule has 0 atom stereocenters. The zero-order valence-corrected chi connectivity index (χ0v) is 15.1. The van der Waals surface area contributed by atoms with E-state index in [1.54, 1.807) is 11.3 Å². The summed E-state index contributed by atoms with van der Waals surface area (Å²) in [6.45, 7) is 5.81. The summed E-state index contributed by atoms with van der Waals surface area (Å²) >= 11 is 1.58. The number of thiophene rings is 1. The molecule has 1 aromatic carbocycles. The Hall–Kier alpha value is -2.14. The lowest BCUT2D eigenvalue weighted by molar-refractivity contribution is -0.128. The number of fused-ring (bicyclic) bond motifs is 1. The number of likely N-dealkylation sites (tertiary alicyclic amines) is 2. The van der Waals surface area contributed by atoms with Crippen LogP contribution in [0, 0.1) is 0 Å². The Labute approximate surface area is 151 Å². The third-order valence-electron chi connectivity index (χ3n) is 5.66. The summed E-state index contributed by atoms with van der Waals surface area (Å²) in [7, 11) is 0. The highest BCUT2D eigenvalue weighted by atomic mass is 32.1. The lowest BCUT2D eigenvalue weighted by atomic mass is 9.84. The van der Waals surface area contributed by atoms with Crippen LogP contribution in [0.5, 0.6) is 0 Å². The Bertz CT molecular complexity index is 800. The summed E-state index contributed by atoms with van der Waals surface area (Å²) in [5.74, 6) is 0.150. The van der Waals surface area contributed by atoms with Crippen LogP contribution in [-0.2, 0) is 4.79 Å². The molecule has 2 aromatic rings. The molecule has 2 amide bonds. The SMILES string of the molecule is C=CC(=O)N1CCC2(CCCN2C(=O)c2cc3ccccc3s2)CC1. The molecule has 0 saturated carbocycles. The van der Waals surface area contributed by atoms with Gasteiger partial charge in [-0.15, -0.1) is 11.3 Å². The van der Waals surface area contributed by atoms with Crippen LogP contribution in [0.15, 0.2) is 43.0 Å². The largest absolute Gasteiger partial charge is 0.339 e. The van der Waals surface area contributed by atoms with Crippen molar-refractivity contribution in [3.63, 3.8) is 0 Å². The molecule has 4 nitrogen and oxygen atoms in total. The molecule has 0 radical (unpaired) electrons. The lowest BCUT2D eigenvalue weighted by Crippen LogP contribution is -2.54. The fourth-order valence-corrected chi connectivity index (χ4v) is 5.28. The molecule has 1 spiro atoms. The molecule has 1 aromatic heterocycles. The maximum absolute atomic E-state index is 13.2. The predicted octanol–water partition coefficient (Wildman–Crippen LogP) is 3.68. The van der Waals surface area contributed by atoms with E-state index in [2.05, 4.69) is 23.6 Å². The number of carbonyl (C=O) groups excluding carboxylic acids is 2. The summed E-state index contributed by atoms with van der Waals surface area (Å²) < 4.78 is 1.16. The third kappa shape index (κ3) is 2.76. The van der Waals surface area contributed by atoms with E-state index in [4.69, 9.17) is 0 Å². The molecular formula is C20H22N2O2S. The zero-order valence-electron chi connectivity index (χ0n) is 14.2. The van der Waals surface area contributed by atoms with Gasteiger partial charge in [0.25, 0.3) is 5.91 Å². The molecule has 0 N–H and O–H groups in total. The molecule has 4 rings (SSSR count). The average Bonchev–Trinajstić information content (AvgIpc) is 3.25. The van der Waals surface area contributed by atoms with E-state index in [0.29, 0.717) is 13.1 Å². The molecule has 2 aliphatic rings. The number of nitrogens with zero attached hydrogens (tertiary/aromatic N) is 2. The Morgan fingerprint density at radius 2 is 1.88 bits per heavy atom. The molecule has 130 valence electrons. The molecule has 0 bridgehead atoms. The molecule has 5 heteroatoms. The summed E-state index contributed by atoms with van der Waals surface area (Å²) in [5.41, 5.74) is -0.0782. The first-order valence-electron chi connectivity index (χ1n) is 8.85. The highest BCUT2D eigenvalue weighted by Crippen LogP contribution is 2.40. The van der Waals surface area contributed by atoms with Gasteiger partial charge >= 0.3 is 0 Å². The first-order chi connectivity index (χ1) is 12.1. The first kappa shape index (κ1) is 16.3. The number of amides is 2. The Balaban J connectivity index is 1.56. The average molecular weight is 354 g/mol. The minimum atomic E-state index is -0.0782. The topological polar surface area (TPSA) is 40.6 Å². The normalized spacial score (nSPS) is 19.5. The molecular weight excluding hydrogens is 332 g/mol. The summed E-state index contributed by atoms with van der Waals surface area (Å²) in [4.78, 5) is 29.8. The van der Waals surface area contributed by atoms with Gasteiger partial charge in [-0.25, -0.2) is 0 Å². The number of piperidine rings is 1. The van der Waals surface area contributed by atoms with Crippen molar-refractivity contribution in [1.29, 1.82) is 0 Å². The van der Waals surface area contributed by atoms with Gasteiger partial charge in [-0.3, -0.25) is 9.59 Å². The minimum absolute atomic E-state index is 0.00442. The van der Waals surface area contributed by atoms with Crippen molar-refractivity contribution < 1.29 is 9.59 Å². The van der Waals surface area contributed by atoms with Crippen LogP contribution in [0.3, 0.4) is 0 Å². The van der Waals surface area contributed by atoms with Gasteiger partial charge in [0.1, 0.15) is 0 Å². The van der Waals surface area contributed by atoms with E-state index < -0.39 is 0 Å². The van der Waals surface area contributed by atoms with Crippen molar-refractivity contribution in [3.8, 4) is 0 Å². The van der Waals surface area contributed by atoms with E-state index in [1.807, 2.05) is 23.1 Å². The lowest BCUT2D eigenvalue weighted by Gasteiger charge is -2.44. The highest BCUT2D eigenvalue weighted by molar-refractivity contribution is 7.20. The van der Waals surface area contributed by atoms with Gasteiger partial charge < -0.3 is 9.80 Å². The van der Waals surface area contributed by atoms with E-state index in [0.717, 1.165) is 47.2 Å². The molecule has 2 fully saturated rings. The van der Waals surface area contributed by atoms with Crippen LogP contribution in [0.4, 0.5) is 0 Å². The van der Waals surface area contributed by atoms with E-state index in [1.165, 1.54) is 6.08 Å². The van der Waals surface area contributed by atoms with Crippen LogP contribution in [0.1, 0.15) is 35.4 Å². The van der Waals surface area contributed by atoms with Gasteiger partial charge in [-0.2, -0.15) is 0 Å². The van der Waals surface area contributed by atoms with Crippen molar-refractivity contribution in [3.05, 3.63) is 47.9 Å². The van der Waals surface area contributed by atoms with Gasteiger partial charge in [0.05, 0.1) is 4.88 Å². The van der Waals surface area contributed by atoms with Crippen molar-refractivity contribution in [2.24, 2.45) is 0 Å². The van der Waals surface area contributed by atoms with Gasteiger partial charge in [-0.1, -0.05) is 24.8 Å². The van der Waals surface area contributed by atoms with Gasteiger partial charge in [0.15, 0.2) is 0 Å². The second kappa shape index (κ2) is 6.30. The van der Waals surface area contributed by atoms with Crippen LogP contribution in [0.2, 0.25) is 0 Å². The van der Waals surface area contributed by atoms with E-state index >= 15 is 0 Å². The number of hydrogen-bond donors (Lipinski definition) is 0. The highest BCUT2D eigenvalue weighted by Gasteiger charge is 2.46. The van der Waals surface area contributed by atoms with Crippen LogP contribution in [0.25, 0.3) is 10.1 Å². The van der Waals surface area contributed by atoms with Crippen LogP contribution in [-0.4, -0.2) is 46.8 Å². The summed E-state index contributed by atoms with van der Waals surface area (Å²) in [6, 6.07) is 10.2. The summed E-state index contributed by atoms with van der Waals surface area (Å²) in [5, 5.41) is 1.13. The van der Waals surface area contributed by atoms with Gasteiger partial charge in [-0.05, 0) is 49.3 Å². The number of benzene rings is 1. The number of carbonyl (C=O) groups is 2. The summed E-state index contributed by atoms with van der Waals surface area (Å²) in [6.07, 6.45) is 5.20. The van der Waals surface area contributed by atoms with Crippen molar-refractivity contribution in [1.82, 2.24) is 9.80 Å². The van der Waals surface area contributed by atoms with Crippen LogP contribution >= 0.6 is 11.3 Å². The maximum atomic E-state index is 13.2. The van der Waals surface area contributed by atoms with Gasteiger partial charge in [0.2, 0.25) is 5.91 Å². The quantitative estimate of drug-likeness (QED) is 0.772. The fourth-order valence-electron chi connectivity index (χ4n) is 4.27.